The number of nitrogens with one attached hydrogen (secondary N) is 1. The van der Waals surface area contributed by atoms with Crippen molar-refractivity contribution in [2.45, 2.75) is 12.7 Å². The molecule has 0 fully saturated rings. The summed E-state index contributed by atoms with van der Waals surface area (Å²) in [6.45, 7) is 1.89. The third kappa shape index (κ3) is 4.83. The first kappa shape index (κ1) is 14.8. The second-order valence-electron chi connectivity index (χ2n) is 4.19. The molecule has 1 aromatic heterocycles. The molecule has 0 spiro atoms. The van der Waals surface area contributed by atoms with Crippen LogP contribution in [0.3, 0.4) is 0 Å². The second-order valence-corrected chi connectivity index (χ2v) is 6.12. The zero-order valence-corrected chi connectivity index (χ0v) is 12.8. The van der Waals surface area contributed by atoms with Gasteiger partial charge in [-0.25, -0.2) is 5.43 Å². The number of amides is 1. The van der Waals surface area contributed by atoms with Crippen LogP contribution in [0.15, 0.2) is 52.9 Å². The first-order valence-electron chi connectivity index (χ1n) is 6.24. The van der Waals surface area contributed by atoms with E-state index in [0.29, 0.717) is 5.75 Å². The number of thiophene rings is 1. The molecule has 5 heteroatoms. The predicted molar refractivity (Wildman–Crippen MR) is 87.3 cm³/mol. The van der Waals surface area contributed by atoms with E-state index in [4.69, 9.17) is 0 Å². The second kappa shape index (κ2) is 7.87. The van der Waals surface area contributed by atoms with Gasteiger partial charge in [-0.05, 0) is 23.9 Å². The van der Waals surface area contributed by atoms with E-state index in [1.54, 1.807) is 23.1 Å². The molecule has 0 radical (unpaired) electrons. The fraction of sp³-hybridized carbons (Fsp3) is 0.200. The van der Waals surface area contributed by atoms with Crippen LogP contribution in [0.25, 0.3) is 0 Å². The summed E-state index contributed by atoms with van der Waals surface area (Å²) in [5.41, 5.74) is 4.65. The minimum Gasteiger partial charge on any atom is -0.272 e. The Bertz CT molecular complexity index is 565. The fourth-order valence-corrected chi connectivity index (χ4v) is 3.01. The van der Waals surface area contributed by atoms with E-state index in [-0.39, 0.29) is 5.91 Å². The molecule has 0 atom stereocenters. The zero-order chi connectivity index (χ0) is 14.2. The van der Waals surface area contributed by atoms with Gasteiger partial charge in [-0.3, -0.25) is 4.79 Å². The Morgan fingerprint density at radius 3 is 2.75 bits per heavy atom. The number of hydrogen-bond acceptors (Lipinski definition) is 4. The van der Waals surface area contributed by atoms with E-state index < -0.39 is 0 Å². The summed E-state index contributed by atoms with van der Waals surface area (Å²) < 4.78 is 0. The number of carbonyl (C=O) groups is 1. The minimum absolute atomic E-state index is 0.0677. The van der Waals surface area contributed by atoms with Crippen molar-refractivity contribution in [1.29, 1.82) is 0 Å². The van der Waals surface area contributed by atoms with Crippen LogP contribution in [0.2, 0.25) is 0 Å². The minimum atomic E-state index is -0.0677. The molecule has 0 aliphatic carbocycles. The number of carbonyl (C=O) groups excluding carboxylic acids is 1. The summed E-state index contributed by atoms with van der Waals surface area (Å²) in [5, 5.41) is 6.10. The molecule has 2 aromatic rings. The van der Waals surface area contributed by atoms with Crippen LogP contribution >= 0.6 is 23.1 Å². The van der Waals surface area contributed by atoms with E-state index >= 15 is 0 Å². The van der Waals surface area contributed by atoms with Gasteiger partial charge in [0.2, 0.25) is 5.91 Å². The van der Waals surface area contributed by atoms with Gasteiger partial charge < -0.3 is 0 Å². The molecule has 20 heavy (non-hydrogen) atoms. The van der Waals surface area contributed by atoms with Crippen molar-refractivity contribution in [3.8, 4) is 0 Å². The molecule has 0 saturated carbocycles. The summed E-state index contributed by atoms with van der Waals surface area (Å²) in [4.78, 5) is 12.7. The average Bonchev–Trinajstić information content (AvgIpc) is 3.00. The predicted octanol–water partition coefficient (Wildman–Crippen LogP) is 3.52. The molecule has 0 bridgehead atoms. The van der Waals surface area contributed by atoms with Crippen molar-refractivity contribution in [2.75, 3.05) is 5.75 Å². The normalized spacial score (nSPS) is 11.3. The highest BCUT2D eigenvalue weighted by atomic mass is 32.2. The summed E-state index contributed by atoms with van der Waals surface area (Å²) in [6, 6.07) is 14.1. The van der Waals surface area contributed by atoms with Gasteiger partial charge in [-0.2, -0.15) is 5.10 Å². The van der Waals surface area contributed by atoms with Crippen molar-refractivity contribution >= 4 is 34.7 Å². The van der Waals surface area contributed by atoms with Crippen LogP contribution in [0.5, 0.6) is 0 Å². The van der Waals surface area contributed by atoms with Crippen LogP contribution < -0.4 is 5.43 Å². The molecule has 104 valence electrons. The van der Waals surface area contributed by atoms with Gasteiger partial charge in [-0.15, -0.1) is 23.1 Å². The number of thioether (sulfide) groups is 1. The largest absolute Gasteiger partial charge is 0.272 e. The molecule has 3 nitrogen and oxygen atoms in total. The summed E-state index contributed by atoms with van der Waals surface area (Å²) in [7, 11) is 0. The third-order valence-corrected chi connectivity index (χ3v) is 4.55. The van der Waals surface area contributed by atoms with Crippen LogP contribution in [0.1, 0.15) is 17.4 Å². The standard InChI is InChI=1S/C15H16N2OS2/c1-12(14-8-5-9-20-14)16-17-15(18)11-19-10-13-6-3-2-4-7-13/h2-9H,10-11H2,1H3,(H,17,18)/b16-12+. The Kier molecular flexibility index (Phi) is 5.83. The molecule has 1 N–H and O–H groups in total. The van der Waals surface area contributed by atoms with Crippen molar-refractivity contribution in [2.24, 2.45) is 5.10 Å². The van der Waals surface area contributed by atoms with Gasteiger partial charge in [0.15, 0.2) is 0 Å². The van der Waals surface area contributed by atoms with E-state index in [1.165, 1.54) is 5.56 Å². The number of benzene rings is 1. The fourth-order valence-electron chi connectivity index (χ4n) is 1.55. The lowest BCUT2D eigenvalue weighted by molar-refractivity contribution is -0.118. The topological polar surface area (TPSA) is 41.5 Å². The molecular weight excluding hydrogens is 288 g/mol. The van der Waals surface area contributed by atoms with E-state index in [2.05, 4.69) is 22.7 Å². The van der Waals surface area contributed by atoms with Gasteiger partial charge in [0.05, 0.1) is 11.5 Å². The molecule has 0 aliphatic rings. The Morgan fingerprint density at radius 2 is 2.05 bits per heavy atom. The number of rotatable bonds is 6. The van der Waals surface area contributed by atoms with Crippen molar-refractivity contribution < 1.29 is 4.79 Å². The Morgan fingerprint density at radius 1 is 1.25 bits per heavy atom. The third-order valence-electron chi connectivity index (χ3n) is 2.57. The van der Waals surface area contributed by atoms with E-state index in [9.17, 15) is 4.79 Å². The maximum Gasteiger partial charge on any atom is 0.250 e. The van der Waals surface area contributed by atoms with Gasteiger partial charge in [0, 0.05) is 10.6 Å². The Balaban J connectivity index is 1.72. The molecular formula is C15H16N2OS2. The van der Waals surface area contributed by atoms with Crippen molar-refractivity contribution in [3.63, 3.8) is 0 Å². The maximum atomic E-state index is 11.7. The van der Waals surface area contributed by atoms with E-state index in [0.717, 1.165) is 16.3 Å². The van der Waals surface area contributed by atoms with Gasteiger partial charge in [-0.1, -0.05) is 36.4 Å². The molecule has 0 aliphatic heterocycles. The van der Waals surface area contributed by atoms with Crippen molar-refractivity contribution in [3.05, 3.63) is 58.3 Å². The summed E-state index contributed by atoms with van der Waals surface area (Å²) in [5.74, 6) is 1.18. The lowest BCUT2D eigenvalue weighted by Gasteiger charge is -2.02. The zero-order valence-electron chi connectivity index (χ0n) is 11.2. The maximum absolute atomic E-state index is 11.7. The molecule has 0 saturated heterocycles. The lowest BCUT2D eigenvalue weighted by Crippen LogP contribution is -2.21. The average molecular weight is 304 g/mol. The Hall–Kier alpha value is -1.59. The highest BCUT2D eigenvalue weighted by molar-refractivity contribution is 7.99. The molecule has 1 aromatic carbocycles. The highest BCUT2D eigenvalue weighted by Crippen LogP contribution is 2.11. The quantitative estimate of drug-likeness (QED) is 0.655. The van der Waals surface area contributed by atoms with Gasteiger partial charge in [0.1, 0.15) is 0 Å². The molecule has 1 heterocycles. The SMILES string of the molecule is C/C(=N\NC(=O)CSCc1ccccc1)c1cccs1. The molecule has 0 unspecified atom stereocenters. The first-order valence-corrected chi connectivity index (χ1v) is 8.28. The number of nitrogens with zero attached hydrogens (tertiary/aromatic N) is 1. The molecule has 1 amide bonds. The van der Waals surface area contributed by atoms with Gasteiger partial charge >= 0.3 is 0 Å². The van der Waals surface area contributed by atoms with E-state index in [1.807, 2.05) is 42.6 Å². The summed E-state index contributed by atoms with van der Waals surface area (Å²) >= 11 is 3.20. The van der Waals surface area contributed by atoms with Crippen LogP contribution in [0.4, 0.5) is 0 Å². The monoisotopic (exact) mass is 304 g/mol. The Labute approximate surface area is 127 Å². The molecule has 2 rings (SSSR count). The smallest absolute Gasteiger partial charge is 0.250 e. The van der Waals surface area contributed by atoms with Crippen LogP contribution in [0, 0.1) is 0 Å². The van der Waals surface area contributed by atoms with Gasteiger partial charge in [0.25, 0.3) is 0 Å². The summed E-state index contributed by atoms with van der Waals surface area (Å²) in [6.07, 6.45) is 0. The van der Waals surface area contributed by atoms with Crippen LogP contribution in [-0.4, -0.2) is 17.4 Å². The van der Waals surface area contributed by atoms with Crippen LogP contribution in [-0.2, 0) is 10.5 Å². The number of hydrazone groups is 1. The number of hydrogen-bond donors (Lipinski definition) is 1. The lowest BCUT2D eigenvalue weighted by atomic mass is 10.2. The van der Waals surface area contributed by atoms with Crippen molar-refractivity contribution in [1.82, 2.24) is 5.43 Å². The highest BCUT2D eigenvalue weighted by Gasteiger charge is 2.02. The first-order chi connectivity index (χ1) is 9.75.